The third kappa shape index (κ3) is 2.34. The van der Waals surface area contributed by atoms with Crippen LogP contribution in [-0.4, -0.2) is 15.8 Å². The Bertz CT molecular complexity index is 405. The zero-order chi connectivity index (χ0) is 10.9. The Morgan fingerprint density at radius 2 is 2.33 bits per heavy atom. The predicted molar refractivity (Wildman–Crippen MR) is 66.8 cm³/mol. The quantitative estimate of drug-likeness (QED) is 0.751. The van der Waals surface area contributed by atoms with E-state index < -0.39 is 0 Å². The van der Waals surface area contributed by atoms with Gasteiger partial charge in [0.25, 0.3) is 0 Å². The maximum absolute atomic E-state index is 5.97. The smallest absolute Gasteiger partial charge is 0.102 e. The van der Waals surface area contributed by atoms with E-state index in [4.69, 9.17) is 11.6 Å². The maximum Gasteiger partial charge on any atom is 0.102 e. The van der Waals surface area contributed by atoms with Gasteiger partial charge >= 0.3 is 0 Å². The van der Waals surface area contributed by atoms with Crippen LogP contribution in [0.15, 0.2) is 23.3 Å². The van der Waals surface area contributed by atoms with Crippen molar-refractivity contribution in [1.82, 2.24) is 4.98 Å². The van der Waals surface area contributed by atoms with Gasteiger partial charge in [0.1, 0.15) is 5.54 Å². The molecule has 1 atom stereocenters. The van der Waals surface area contributed by atoms with Crippen molar-refractivity contribution in [2.45, 2.75) is 25.8 Å². The molecule has 0 unspecified atom stereocenters. The number of halogens is 1. The second kappa shape index (κ2) is 4.14. The minimum atomic E-state index is -0.194. The number of thioether (sulfide) groups is 1. The lowest BCUT2D eigenvalue weighted by atomic mass is 9.94. The number of hydrogen-bond donors (Lipinski definition) is 0. The standard InChI is InChI=1S/C11H13ClN2S/c1-8-14-11(2,4-6-15-8)10-7-9(12)3-5-13-10/h3,5,7H,4,6H2,1-2H3/t11-/m0/s1. The number of aromatic nitrogens is 1. The Morgan fingerprint density at radius 3 is 3.00 bits per heavy atom. The molecule has 0 fully saturated rings. The fourth-order valence-electron chi connectivity index (χ4n) is 1.72. The molecule has 1 aliphatic rings. The Hall–Kier alpha value is -0.540. The predicted octanol–water partition coefficient (Wildman–Crippen LogP) is 3.51. The van der Waals surface area contributed by atoms with E-state index in [1.165, 1.54) is 0 Å². The number of hydrogen-bond acceptors (Lipinski definition) is 3. The van der Waals surface area contributed by atoms with Crippen LogP contribution in [0.25, 0.3) is 0 Å². The molecule has 1 aliphatic heterocycles. The summed E-state index contributed by atoms with van der Waals surface area (Å²) in [5.74, 6) is 1.10. The second-order valence-electron chi connectivity index (χ2n) is 3.86. The largest absolute Gasteiger partial charge is 0.270 e. The van der Waals surface area contributed by atoms with Crippen LogP contribution in [0.3, 0.4) is 0 Å². The van der Waals surface area contributed by atoms with Crippen molar-refractivity contribution in [2.75, 3.05) is 5.75 Å². The molecule has 0 amide bonds. The molecule has 15 heavy (non-hydrogen) atoms. The molecule has 1 aromatic heterocycles. The van der Waals surface area contributed by atoms with Crippen molar-refractivity contribution in [2.24, 2.45) is 4.99 Å². The van der Waals surface area contributed by atoms with Crippen LogP contribution in [0.4, 0.5) is 0 Å². The summed E-state index contributed by atoms with van der Waals surface area (Å²) in [6.45, 7) is 4.17. The molecule has 0 aliphatic carbocycles. The fraction of sp³-hybridized carbons (Fsp3) is 0.455. The average Bonchev–Trinajstić information content (AvgIpc) is 2.17. The van der Waals surface area contributed by atoms with Gasteiger partial charge in [0.15, 0.2) is 0 Å². The first kappa shape index (κ1) is 11.0. The molecular formula is C11H13ClN2S. The van der Waals surface area contributed by atoms with Gasteiger partial charge in [0.05, 0.1) is 10.7 Å². The van der Waals surface area contributed by atoms with E-state index >= 15 is 0 Å². The molecule has 0 aromatic carbocycles. The van der Waals surface area contributed by atoms with Crippen LogP contribution in [0, 0.1) is 0 Å². The van der Waals surface area contributed by atoms with Gasteiger partial charge in [0.2, 0.25) is 0 Å². The van der Waals surface area contributed by atoms with Crippen molar-refractivity contribution in [3.8, 4) is 0 Å². The van der Waals surface area contributed by atoms with E-state index in [9.17, 15) is 0 Å². The minimum absolute atomic E-state index is 0.194. The van der Waals surface area contributed by atoms with E-state index in [0.29, 0.717) is 0 Å². The molecule has 0 N–H and O–H groups in total. The molecule has 2 rings (SSSR count). The first-order valence-electron chi connectivity index (χ1n) is 4.91. The summed E-state index contributed by atoms with van der Waals surface area (Å²) in [7, 11) is 0. The number of aliphatic imine (C=N–C) groups is 1. The van der Waals surface area contributed by atoms with E-state index in [2.05, 4.69) is 16.9 Å². The van der Waals surface area contributed by atoms with E-state index in [-0.39, 0.29) is 5.54 Å². The van der Waals surface area contributed by atoms with Crippen LogP contribution >= 0.6 is 23.4 Å². The molecule has 0 saturated carbocycles. The van der Waals surface area contributed by atoms with Crippen LogP contribution in [0.2, 0.25) is 5.02 Å². The summed E-state index contributed by atoms with van der Waals surface area (Å²) in [5.41, 5.74) is 0.773. The first-order valence-corrected chi connectivity index (χ1v) is 6.28. The number of nitrogens with zero attached hydrogens (tertiary/aromatic N) is 2. The monoisotopic (exact) mass is 240 g/mol. The van der Waals surface area contributed by atoms with Gasteiger partial charge in [0, 0.05) is 17.0 Å². The first-order chi connectivity index (χ1) is 7.10. The van der Waals surface area contributed by atoms with Crippen molar-refractivity contribution in [3.05, 3.63) is 29.0 Å². The summed E-state index contributed by atoms with van der Waals surface area (Å²) < 4.78 is 0. The van der Waals surface area contributed by atoms with E-state index in [0.717, 1.165) is 27.9 Å². The highest BCUT2D eigenvalue weighted by atomic mass is 35.5. The molecule has 0 radical (unpaired) electrons. The Morgan fingerprint density at radius 1 is 1.53 bits per heavy atom. The molecule has 80 valence electrons. The lowest BCUT2D eigenvalue weighted by Crippen LogP contribution is -2.26. The molecule has 0 bridgehead atoms. The summed E-state index contributed by atoms with van der Waals surface area (Å²) in [6, 6.07) is 3.71. The molecule has 1 aromatic rings. The molecule has 4 heteroatoms. The topological polar surface area (TPSA) is 25.2 Å². The highest BCUT2D eigenvalue weighted by molar-refractivity contribution is 8.13. The average molecular weight is 241 g/mol. The summed E-state index contributed by atoms with van der Waals surface area (Å²) >= 11 is 7.78. The normalized spacial score (nSPS) is 26.2. The molecular weight excluding hydrogens is 228 g/mol. The van der Waals surface area contributed by atoms with Crippen LogP contribution in [-0.2, 0) is 5.54 Å². The lowest BCUT2D eigenvalue weighted by Gasteiger charge is -2.29. The zero-order valence-corrected chi connectivity index (χ0v) is 10.4. The fourth-order valence-corrected chi connectivity index (χ4v) is 2.94. The van der Waals surface area contributed by atoms with Gasteiger partial charge in [-0.3, -0.25) is 9.98 Å². The third-order valence-electron chi connectivity index (χ3n) is 2.58. The highest BCUT2D eigenvalue weighted by Gasteiger charge is 2.30. The van der Waals surface area contributed by atoms with E-state index in [1.54, 1.807) is 12.3 Å². The number of rotatable bonds is 1. The van der Waals surface area contributed by atoms with Crippen molar-refractivity contribution < 1.29 is 0 Å². The van der Waals surface area contributed by atoms with Gasteiger partial charge in [-0.25, -0.2) is 0 Å². The van der Waals surface area contributed by atoms with Gasteiger partial charge in [-0.15, -0.1) is 11.8 Å². The van der Waals surface area contributed by atoms with Crippen LogP contribution in [0.5, 0.6) is 0 Å². The summed E-state index contributed by atoms with van der Waals surface area (Å²) in [4.78, 5) is 9.05. The summed E-state index contributed by atoms with van der Waals surface area (Å²) in [6.07, 6.45) is 2.76. The van der Waals surface area contributed by atoms with Crippen molar-refractivity contribution >= 4 is 28.4 Å². The van der Waals surface area contributed by atoms with Gasteiger partial charge in [-0.1, -0.05) is 11.6 Å². The molecule has 0 spiro atoms. The molecule has 0 saturated heterocycles. The van der Waals surface area contributed by atoms with Crippen molar-refractivity contribution in [1.29, 1.82) is 0 Å². The SMILES string of the molecule is CC1=N[C@](C)(c2cc(Cl)ccn2)CCS1. The summed E-state index contributed by atoms with van der Waals surface area (Å²) in [5, 5.41) is 1.86. The van der Waals surface area contributed by atoms with Crippen molar-refractivity contribution in [3.63, 3.8) is 0 Å². The Kier molecular flexibility index (Phi) is 3.03. The van der Waals surface area contributed by atoms with Crippen LogP contribution in [0.1, 0.15) is 26.0 Å². The van der Waals surface area contributed by atoms with Gasteiger partial charge in [-0.2, -0.15) is 0 Å². The molecule has 2 heterocycles. The third-order valence-corrected chi connectivity index (χ3v) is 3.73. The second-order valence-corrected chi connectivity index (χ2v) is 5.59. The molecule has 2 nitrogen and oxygen atoms in total. The number of pyridine rings is 1. The van der Waals surface area contributed by atoms with E-state index in [1.807, 2.05) is 24.8 Å². The van der Waals surface area contributed by atoms with Gasteiger partial charge in [-0.05, 0) is 32.4 Å². The van der Waals surface area contributed by atoms with Crippen LogP contribution < -0.4 is 0 Å². The maximum atomic E-state index is 5.97. The Balaban J connectivity index is 2.41. The zero-order valence-electron chi connectivity index (χ0n) is 8.83. The lowest BCUT2D eigenvalue weighted by molar-refractivity contribution is 0.467. The minimum Gasteiger partial charge on any atom is -0.270 e. The Labute approximate surface area is 99.2 Å². The highest BCUT2D eigenvalue weighted by Crippen LogP contribution is 2.35. The van der Waals surface area contributed by atoms with Gasteiger partial charge < -0.3 is 0 Å².